The van der Waals surface area contributed by atoms with Crippen LogP contribution >= 0.6 is 0 Å². The number of amides is 2. The molecule has 1 aromatic carbocycles. The molecule has 2 aliphatic rings. The quantitative estimate of drug-likeness (QED) is 0.881. The van der Waals surface area contributed by atoms with Crippen LogP contribution in [0.3, 0.4) is 0 Å². The van der Waals surface area contributed by atoms with Gasteiger partial charge in [0.25, 0.3) is 0 Å². The third-order valence-electron chi connectivity index (χ3n) is 4.56. The number of benzene rings is 1. The van der Waals surface area contributed by atoms with Crippen LogP contribution in [0.5, 0.6) is 0 Å². The molecule has 2 N–H and O–H groups in total. The first-order valence-corrected chi connectivity index (χ1v) is 7.99. The SMILES string of the molecule is O=C1CCCC2(CCCC(OC(=O)Nc3ccccc3)C2)N1. The summed E-state index contributed by atoms with van der Waals surface area (Å²) in [5.74, 6) is 0.126. The van der Waals surface area contributed by atoms with Gasteiger partial charge in [-0.25, -0.2) is 4.79 Å². The minimum Gasteiger partial charge on any atom is -0.446 e. The zero-order chi connectivity index (χ0) is 15.4. The molecule has 1 aliphatic heterocycles. The summed E-state index contributed by atoms with van der Waals surface area (Å²) in [5.41, 5.74) is 0.564. The lowest BCUT2D eigenvalue weighted by Crippen LogP contribution is -2.55. The van der Waals surface area contributed by atoms with E-state index in [1.54, 1.807) is 0 Å². The van der Waals surface area contributed by atoms with Gasteiger partial charge in [0.15, 0.2) is 0 Å². The summed E-state index contributed by atoms with van der Waals surface area (Å²) in [6.07, 6.45) is 5.52. The van der Waals surface area contributed by atoms with Crippen molar-refractivity contribution in [1.82, 2.24) is 5.32 Å². The van der Waals surface area contributed by atoms with Crippen LogP contribution in [0.15, 0.2) is 30.3 Å². The van der Waals surface area contributed by atoms with Gasteiger partial charge < -0.3 is 10.1 Å². The van der Waals surface area contributed by atoms with Crippen molar-refractivity contribution in [3.63, 3.8) is 0 Å². The maximum atomic E-state index is 12.0. The second-order valence-electron chi connectivity index (χ2n) is 6.30. The number of rotatable bonds is 2. The van der Waals surface area contributed by atoms with Gasteiger partial charge in [0.05, 0.1) is 0 Å². The lowest BCUT2D eigenvalue weighted by Gasteiger charge is -2.43. The molecule has 118 valence electrons. The average Bonchev–Trinajstić information content (AvgIpc) is 2.48. The van der Waals surface area contributed by atoms with E-state index in [0.717, 1.165) is 44.2 Å². The molecule has 5 nitrogen and oxygen atoms in total. The molecule has 5 heteroatoms. The zero-order valence-electron chi connectivity index (χ0n) is 12.6. The molecule has 3 rings (SSSR count). The highest BCUT2D eigenvalue weighted by Gasteiger charge is 2.40. The second kappa shape index (κ2) is 6.38. The van der Waals surface area contributed by atoms with E-state index in [1.165, 1.54) is 0 Å². The van der Waals surface area contributed by atoms with E-state index in [4.69, 9.17) is 4.74 Å². The Kier molecular flexibility index (Phi) is 4.32. The summed E-state index contributed by atoms with van der Waals surface area (Å²) in [7, 11) is 0. The fourth-order valence-corrected chi connectivity index (χ4v) is 3.58. The molecule has 0 radical (unpaired) electrons. The van der Waals surface area contributed by atoms with Crippen molar-refractivity contribution in [2.24, 2.45) is 0 Å². The van der Waals surface area contributed by atoms with Gasteiger partial charge >= 0.3 is 6.09 Å². The van der Waals surface area contributed by atoms with Gasteiger partial charge in [-0.15, -0.1) is 0 Å². The van der Waals surface area contributed by atoms with Crippen molar-refractivity contribution >= 4 is 17.7 Å². The van der Waals surface area contributed by atoms with Crippen LogP contribution in [0, 0.1) is 0 Å². The Morgan fingerprint density at radius 1 is 1.23 bits per heavy atom. The third-order valence-corrected chi connectivity index (χ3v) is 4.56. The van der Waals surface area contributed by atoms with Crippen LogP contribution in [-0.4, -0.2) is 23.6 Å². The molecule has 0 aromatic heterocycles. The molecule has 22 heavy (non-hydrogen) atoms. The van der Waals surface area contributed by atoms with Crippen LogP contribution in [0.25, 0.3) is 0 Å². The number of carbonyl (C=O) groups is 2. The number of anilines is 1. The first-order valence-electron chi connectivity index (χ1n) is 7.99. The topological polar surface area (TPSA) is 67.4 Å². The molecule has 2 unspecified atom stereocenters. The van der Waals surface area contributed by atoms with Gasteiger partial charge in [0.2, 0.25) is 5.91 Å². The van der Waals surface area contributed by atoms with Crippen molar-refractivity contribution in [2.45, 2.75) is 56.6 Å². The number of para-hydroxylation sites is 1. The summed E-state index contributed by atoms with van der Waals surface area (Å²) < 4.78 is 5.56. The van der Waals surface area contributed by atoms with E-state index in [-0.39, 0.29) is 17.6 Å². The Hall–Kier alpha value is -2.04. The van der Waals surface area contributed by atoms with Crippen LogP contribution in [-0.2, 0) is 9.53 Å². The molecule has 2 amide bonds. The molecular formula is C17H22N2O3. The van der Waals surface area contributed by atoms with E-state index in [1.807, 2.05) is 30.3 Å². The monoisotopic (exact) mass is 302 g/mol. The zero-order valence-corrected chi connectivity index (χ0v) is 12.6. The number of hydrogen-bond donors (Lipinski definition) is 2. The van der Waals surface area contributed by atoms with Gasteiger partial charge in [-0.2, -0.15) is 0 Å². The first kappa shape index (κ1) is 14.9. The second-order valence-corrected chi connectivity index (χ2v) is 6.30. The summed E-state index contributed by atoms with van der Waals surface area (Å²) in [5, 5.41) is 5.87. The molecule has 1 aliphatic carbocycles. The molecule has 2 fully saturated rings. The Morgan fingerprint density at radius 2 is 2.00 bits per heavy atom. The molecule has 0 bridgehead atoms. The molecule has 1 spiro atoms. The molecule has 1 saturated carbocycles. The summed E-state index contributed by atoms with van der Waals surface area (Å²) >= 11 is 0. The standard InChI is InChI=1S/C17H22N2O3/c20-15-9-5-11-17(19-15)10-4-8-14(12-17)22-16(21)18-13-6-2-1-3-7-13/h1-3,6-7,14H,4-5,8-12H2,(H,18,21)(H,19,20). The van der Waals surface area contributed by atoms with E-state index < -0.39 is 6.09 Å². The number of piperidine rings is 1. The third kappa shape index (κ3) is 3.59. The maximum Gasteiger partial charge on any atom is 0.411 e. The number of carbonyl (C=O) groups excluding carboxylic acids is 2. The van der Waals surface area contributed by atoms with Gasteiger partial charge in [-0.1, -0.05) is 18.2 Å². The largest absolute Gasteiger partial charge is 0.446 e. The number of hydrogen-bond acceptors (Lipinski definition) is 3. The highest BCUT2D eigenvalue weighted by atomic mass is 16.6. The van der Waals surface area contributed by atoms with Crippen LogP contribution in [0.1, 0.15) is 44.9 Å². The van der Waals surface area contributed by atoms with Crippen molar-refractivity contribution in [1.29, 1.82) is 0 Å². The van der Waals surface area contributed by atoms with Gasteiger partial charge in [-0.3, -0.25) is 10.1 Å². The fraction of sp³-hybridized carbons (Fsp3) is 0.529. The normalized spacial score (nSPS) is 28.0. The van der Waals surface area contributed by atoms with E-state index >= 15 is 0 Å². The summed E-state index contributed by atoms with van der Waals surface area (Å²) in [4.78, 5) is 23.7. The van der Waals surface area contributed by atoms with E-state index in [0.29, 0.717) is 6.42 Å². The van der Waals surface area contributed by atoms with Crippen molar-refractivity contribution in [2.75, 3.05) is 5.32 Å². The lowest BCUT2D eigenvalue weighted by atomic mass is 9.75. The van der Waals surface area contributed by atoms with Crippen LogP contribution in [0.4, 0.5) is 10.5 Å². The molecule has 1 heterocycles. The minimum atomic E-state index is -0.421. The highest BCUT2D eigenvalue weighted by molar-refractivity contribution is 5.84. The minimum absolute atomic E-state index is 0.126. The molecular weight excluding hydrogens is 280 g/mol. The average molecular weight is 302 g/mol. The number of nitrogens with one attached hydrogen (secondary N) is 2. The van der Waals surface area contributed by atoms with Gasteiger partial charge in [0.1, 0.15) is 6.10 Å². The molecule has 2 atom stereocenters. The predicted molar refractivity (Wildman–Crippen MR) is 83.5 cm³/mol. The maximum absolute atomic E-state index is 12.0. The van der Waals surface area contributed by atoms with Crippen LogP contribution in [0.2, 0.25) is 0 Å². The van der Waals surface area contributed by atoms with Crippen molar-refractivity contribution < 1.29 is 14.3 Å². The van der Waals surface area contributed by atoms with E-state index in [2.05, 4.69) is 10.6 Å². The summed E-state index contributed by atoms with van der Waals surface area (Å²) in [6, 6.07) is 9.27. The van der Waals surface area contributed by atoms with Gasteiger partial charge in [0, 0.05) is 24.1 Å². The Balaban J connectivity index is 1.56. The van der Waals surface area contributed by atoms with Crippen molar-refractivity contribution in [3.05, 3.63) is 30.3 Å². The summed E-state index contributed by atoms with van der Waals surface area (Å²) in [6.45, 7) is 0. The smallest absolute Gasteiger partial charge is 0.411 e. The number of ether oxygens (including phenoxy) is 1. The Labute approximate surface area is 130 Å². The molecule has 1 saturated heterocycles. The lowest BCUT2D eigenvalue weighted by molar-refractivity contribution is -0.126. The highest BCUT2D eigenvalue weighted by Crippen LogP contribution is 2.36. The van der Waals surface area contributed by atoms with E-state index in [9.17, 15) is 9.59 Å². The Morgan fingerprint density at radius 3 is 2.77 bits per heavy atom. The van der Waals surface area contributed by atoms with Gasteiger partial charge in [-0.05, 0) is 44.2 Å². The predicted octanol–water partition coefficient (Wildman–Crippen LogP) is 3.22. The fourth-order valence-electron chi connectivity index (χ4n) is 3.58. The van der Waals surface area contributed by atoms with Crippen LogP contribution < -0.4 is 10.6 Å². The first-order chi connectivity index (χ1) is 10.7. The Bertz CT molecular complexity index is 542. The van der Waals surface area contributed by atoms with Crippen molar-refractivity contribution in [3.8, 4) is 0 Å². The molecule has 1 aromatic rings.